The van der Waals surface area contributed by atoms with Crippen LogP contribution < -0.4 is 0 Å². The summed E-state index contributed by atoms with van der Waals surface area (Å²) >= 11 is 0. The number of rotatable bonds is 4. The molecule has 51 heavy (non-hydrogen) atoms. The van der Waals surface area contributed by atoms with E-state index in [9.17, 15) is 0 Å². The van der Waals surface area contributed by atoms with Crippen LogP contribution in [0.15, 0.2) is 176 Å². The van der Waals surface area contributed by atoms with Crippen molar-refractivity contribution in [2.24, 2.45) is 0 Å². The topological polar surface area (TPSA) is 30.7 Å². The molecule has 0 saturated carbocycles. The predicted molar refractivity (Wildman–Crippen MR) is 212 cm³/mol. The summed E-state index contributed by atoms with van der Waals surface area (Å²) in [4.78, 5) is 10.8. The van der Waals surface area contributed by atoms with Crippen molar-refractivity contribution in [3.63, 3.8) is 0 Å². The van der Waals surface area contributed by atoms with Crippen molar-refractivity contribution in [1.82, 2.24) is 14.5 Å². The Morgan fingerprint density at radius 3 is 1.67 bits per heavy atom. The Bertz CT molecular complexity index is 2990. The predicted octanol–water partition coefficient (Wildman–Crippen LogP) is 12.5. The van der Waals surface area contributed by atoms with Crippen LogP contribution in [0.2, 0.25) is 0 Å². The van der Waals surface area contributed by atoms with Gasteiger partial charge in [-0.15, -0.1) is 0 Å². The molecule has 0 atom stereocenters. The first kappa shape index (κ1) is 28.0. The second kappa shape index (κ2) is 10.8. The van der Waals surface area contributed by atoms with E-state index in [2.05, 4.69) is 168 Å². The quantitative estimate of drug-likeness (QED) is 0.190. The van der Waals surface area contributed by atoms with Gasteiger partial charge in [-0.05, 0) is 85.6 Å². The molecule has 236 valence electrons. The van der Waals surface area contributed by atoms with Gasteiger partial charge in [-0.25, -0.2) is 9.97 Å². The van der Waals surface area contributed by atoms with Crippen molar-refractivity contribution in [3.05, 3.63) is 176 Å². The maximum absolute atomic E-state index is 5.47. The summed E-state index contributed by atoms with van der Waals surface area (Å²) in [5, 5.41) is 5.01. The Morgan fingerprint density at radius 1 is 0.333 bits per heavy atom. The lowest BCUT2D eigenvalue weighted by molar-refractivity contribution is 1.08. The summed E-state index contributed by atoms with van der Waals surface area (Å²) in [7, 11) is 0. The van der Waals surface area contributed by atoms with Crippen molar-refractivity contribution in [3.8, 4) is 61.6 Å². The monoisotopic (exact) mass is 647 g/mol. The van der Waals surface area contributed by atoms with Gasteiger partial charge in [-0.3, -0.25) is 4.57 Å². The third-order valence-electron chi connectivity index (χ3n) is 10.5. The summed E-state index contributed by atoms with van der Waals surface area (Å²) in [5.41, 5.74) is 15.5. The summed E-state index contributed by atoms with van der Waals surface area (Å²) in [5.74, 6) is 0.822. The van der Waals surface area contributed by atoms with E-state index in [1.807, 2.05) is 12.1 Å². The molecule has 0 amide bonds. The molecule has 3 heteroatoms. The number of nitrogens with zero attached hydrogens (tertiary/aromatic N) is 3. The van der Waals surface area contributed by atoms with Crippen LogP contribution in [0.4, 0.5) is 0 Å². The Labute approximate surface area is 294 Å². The van der Waals surface area contributed by atoms with Gasteiger partial charge in [0.1, 0.15) is 5.69 Å². The summed E-state index contributed by atoms with van der Waals surface area (Å²) in [6, 6.07) is 63.1. The molecule has 2 aromatic heterocycles. The molecule has 11 rings (SSSR count). The maximum atomic E-state index is 5.47. The molecule has 0 unspecified atom stereocenters. The molecule has 3 nitrogen and oxygen atoms in total. The average molecular weight is 648 g/mol. The molecule has 10 aromatic rings. The van der Waals surface area contributed by atoms with Crippen LogP contribution in [-0.4, -0.2) is 14.5 Å². The van der Waals surface area contributed by atoms with Crippen molar-refractivity contribution >= 4 is 43.6 Å². The van der Waals surface area contributed by atoms with Crippen LogP contribution in [0.3, 0.4) is 0 Å². The largest absolute Gasteiger partial charge is 0.292 e. The highest BCUT2D eigenvalue weighted by Crippen LogP contribution is 2.51. The standard InChI is InChI=1S/C48H29N3/c1-3-12-30(13-4-1)32-22-24-34(25-23-32)47-48(50-41-21-10-9-20-40(41)49-47)51-42-27-26-33-16-11-19-38-36-17-7-8-18-37(36)39-28-35(31-14-5-2-6-15-31)29-43(51)45(39)46(42)44(33)38/h1-29H. The third kappa shape index (κ3) is 4.19. The van der Waals surface area contributed by atoms with Crippen LogP contribution in [0.25, 0.3) is 105 Å². The van der Waals surface area contributed by atoms with Gasteiger partial charge in [0.05, 0.1) is 22.1 Å². The van der Waals surface area contributed by atoms with E-state index in [1.54, 1.807) is 0 Å². The van der Waals surface area contributed by atoms with Gasteiger partial charge in [0, 0.05) is 16.3 Å². The fourth-order valence-corrected chi connectivity index (χ4v) is 8.21. The van der Waals surface area contributed by atoms with Gasteiger partial charge >= 0.3 is 0 Å². The fourth-order valence-electron chi connectivity index (χ4n) is 8.21. The highest BCUT2D eigenvalue weighted by molar-refractivity contribution is 6.31. The van der Waals surface area contributed by atoms with Crippen LogP contribution in [0.5, 0.6) is 0 Å². The zero-order chi connectivity index (χ0) is 33.5. The molecule has 0 N–H and O–H groups in total. The normalized spacial score (nSPS) is 11.9. The molecule has 0 aliphatic heterocycles. The van der Waals surface area contributed by atoms with E-state index in [1.165, 1.54) is 66.1 Å². The van der Waals surface area contributed by atoms with Gasteiger partial charge in [-0.2, -0.15) is 0 Å². The van der Waals surface area contributed by atoms with E-state index in [4.69, 9.17) is 9.97 Å². The molecule has 0 fully saturated rings. The van der Waals surface area contributed by atoms with Crippen molar-refractivity contribution in [1.29, 1.82) is 0 Å². The lowest BCUT2D eigenvalue weighted by atomic mass is 9.92. The zero-order valence-electron chi connectivity index (χ0n) is 27.6. The van der Waals surface area contributed by atoms with Gasteiger partial charge in [-0.1, -0.05) is 146 Å². The second-order valence-corrected chi connectivity index (χ2v) is 13.4. The molecule has 1 aliphatic rings. The molecule has 1 aliphatic carbocycles. The molecule has 2 heterocycles. The van der Waals surface area contributed by atoms with Gasteiger partial charge in [0.2, 0.25) is 0 Å². The van der Waals surface area contributed by atoms with E-state index < -0.39 is 0 Å². The SMILES string of the molecule is c1ccc(-c2ccc(-c3nc4ccccc4nc3-n3c4cc(-c5ccccc5)cc5c4c4c6c(cccc6ccc43)-c3ccccc3-5)cc2)cc1. The second-order valence-electron chi connectivity index (χ2n) is 13.4. The minimum Gasteiger partial charge on any atom is -0.292 e. The molecule has 0 spiro atoms. The number of aromatic nitrogens is 3. The van der Waals surface area contributed by atoms with Crippen molar-refractivity contribution < 1.29 is 0 Å². The van der Waals surface area contributed by atoms with Crippen LogP contribution in [0.1, 0.15) is 0 Å². The lowest BCUT2D eigenvalue weighted by Crippen LogP contribution is -2.04. The van der Waals surface area contributed by atoms with Crippen molar-refractivity contribution in [2.75, 3.05) is 0 Å². The third-order valence-corrected chi connectivity index (χ3v) is 10.5. The van der Waals surface area contributed by atoms with E-state index in [0.29, 0.717) is 0 Å². The minimum atomic E-state index is 0.822. The molecule has 0 radical (unpaired) electrons. The maximum Gasteiger partial charge on any atom is 0.165 e. The zero-order valence-corrected chi connectivity index (χ0v) is 27.6. The summed E-state index contributed by atoms with van der Waals surface area (Å²) < 4.78 is 2.38. The highest BCUT2D eigenvalue weighted by Gasteiger charge is 2.27. The fraction of sp³-hybridized carbons (Fsp3) is 0. The van der Waals surface area contributed by atoms with Gasteiger partial charge in [0.15, 0.2) is 5.82 Å². The smallest absolute Gasteiger partial charge is 0.165 e. The Kier molecular flexibility index (Phi) is 5.96. The first-order valence-corrected chi connectivity index (χ1v) is 17.4. The number of hydrogen-bond acceptors (Lipinski definition) is 2. The highest BCUT2D eigenvalue weighted by atomic mass is 15.1. The van der Waals surface area contributed by atoms with E-state index >= 15 is 0 Å². The average Bonchev–Trinajstić information content (AvgIpc) is 3.48. The first-order chi connectivity index (χ1) is 25.3. The molecule has 0 saturated heterocycles. The van der Waals surface area contributed by atoms with E-state index in [0.717, 1.165) is 39.1 Å². The Hall–Kier alpha value is -6.84. The molecular formula is C48H29N3. The van der Waals surface area contributed by atoms with Crippen LogP contribution in [0, 0.1) is 0 Å². The number of fused-ring (bicyclic) bond motifs is 4. The molecule has 8 aromatic carbocycles. The Morgan fingerprint density at radius 2 is 0.922 bits per heavy atom. The number of para-hydroxylation sites is 2. The van der Waals surface area contributed by atoms with Crippen molar-refractivity contribution in [2.45, 2.75) is 0 Å². The lowest BCUT2D eigenvalue weighted by Gasteiger charge is -2.17. The van der Waals surface area contributed by atoms with Gasteiger partial charge in [0.25, 0.3) is 0 Å². The molecular weight excluding hydrogens is 619 g/mol. The molecule has 0 bridgehead atoms. The number of benzene rings is 8. The number of hydrogen-bond donors (Lipinski definition) is 0. The first-order valence-electron chi connectivity index (χ1n) is 17.4. The Balaban J connectivity index is 1.30. The van der Waals surface area contributed by atoms with Gasteiger partial charge < -0.3 is 0 Å². The summed E-state index contributed by atoms with van der Waals surface area (Å²) in [6.45, 7) is 0. The minimum absolute atomic E-state index is 0.822. The van der Waals surface area contributed by atoms with E-state index in [-0.39, 0.29) is 0 Å². The van der Waals surface area contributed by atoms with Crippen LogP contribution >= 0.6 is 0 Å². The summed E-state index contributed by atoms with van der Waals surface area (Å²) in [6.07, 6.45) is 0. The van der Waals surface area contributed by atoms with Crippen LogP contribution in [-0.2, 0) is 0 Å².